The second-order valence-electron chi connectivity index (χ2n) is 15.8. The summed E-state index contributed by atoms with van der Waals surface area (Å²) in [5.41, 5.74) is 5.72. The molecule has 1 aliphatic carbocycles. The van der Waals surface area contributed by atoms with Gasteiger partial charge in [0.1, 0.15) is 17.9 Å². The summed E-state index contributed by atoms with van der Waals surface area (Å²) in [6, 6.07) is 16.8. The van der Waals surface area contributed by atoms with E-state index < -0.39 is 17.9 Å². The first-order valence-electron chi connectivity index (χ1n) is 20.3. The van der Waals surface area contributed by atoms with Crippen LogP contribution in [0.5, 0.6) is 11.6 Å². The SMILES string of the molecule is C=C1CCC(N2C(=O)c3ccc(OCCCCCN4CCC(OC5CC(Oc6ccc(-c7ccc8c9cnccc9n(C)c8c7)cn6)C5)CC4)cc3C2=O)C(=O)N1. The number of pyridine rings is 2. The highest BCUT2D eigenvalue weighted by Crippen LogP contribution is 2.34. The molecule has 3 aliphatic heterocycles. The topological polar surface area (TPSA) is 128 Å². The van der Waals surface area contributed by atoms with E-state index in [2.05, 4.69) is 68.7 Å². The normalized spacial score (nSPS) is 21.6. The number of likely N-dealkylation sites (tertiary alicyclic amines) is 1. The molecule has 1 unspecified atom stereocenters. The lowest BCUT2D eigenvalue weighted by Crippen LogP contribution is -2.51. The number of fused-ring (bicyclic) bond motifs is 4. The van der Waals surface area contributed by atoms with E-state index in [1.54, 1.807) is 18.2 Å². The van der Waals surface area contributed by atoms with E-state index in [4.69, 9.17) is 14.2 Å². The third-order valence-electron chi connectivity index (χ3n) is 12.0. The van der Waals surface area contributed by atoms with Gasteiger partial charge in [-0.05, 0) is 93.5 Å². The lowest BCUT2D eigenvalue weighted by Gasteiger charge is -2.39. The molecule has 9 rings (SSSR count). The Morgan fingerprint density at radius 2 is 1.63 bits per heavy atom. The summed E-state index contributed by atoms with van der Waals surface area (Å²) in [6.07, 6.45) is 14.2. The van der Waals surface area contributed by atoms with Gasteiger partial charge in [0.2, 0.25) is 11.8 Å². The van der Waals surface area contributed by atoms with Crippen LogP contribution >= 0.6 is 0 Å². The predicted molar refractivity (Wildman–Crippen MR) is 216 cm³/mol. The molecule has 3 fully saturated rings. The van der Waals surface area contributed by atoms with Gasteiger partial charge in [0.15, 0.2) is 0 Å². The molecular formula is C45H48N6O6. The second-order valence-corrected chi connectivity index (χ2v) is 15.8. The maximum atomic E-state index is 13.1. The number of imide groups is 1. The lowest BCUT2D eigenvalue weighted by molar-refractivity contribution is -0.125. The number of ether oxygens (including phenoxy) is 3. The number of carbonyl (C=O) groups excluding carboxylic acids is 3. The molecule has 4 aliphatic rings. The van der Waals surface area contributed by atoms with Gasteiger partial charge >= 0.3 is 0 Å². The zero-order chi connectivity index (χ0) is 39.0. The van der Waals surface area contributed by atoms with E-state index >= 15 is 0 Å². The summed E-state index contributed by atoms with van der Waals surface area (Å²) in [5.74, 6) is -0.0450. The van der Waals surface area contributed by atoms with Gasteiger partial charge in [-0.2, -0.15) is 0 Å². The Morgan fingerprint density at radius 1 is 0.807 bits per heavy atom. The molecule has 6 heterocycles. The van der Waals surface area contributed by atoms with Gasteiger partial charge in [0.05, 0.1) is 35.5 Å². The van der Waals surface area contributed by atoms with Crippen LogP contribution < -0.4 is 14.8 Å². The van der Waals surface area contributed by atoms with Crippen LogP contribution in [-0.2, 0) is 16.6 Å². The number of piperidine rings is 2. The number of rotatable bonds is 13. The number of aromatic nitrogens is 3. The largest absolute Gasteiger partial charge is 0.494 e. The van der Waals surface area contributed by atoms with Crippen molar-refractivity contribution in [1.29, 1.82) is 0 Å². The highest BCUT2D eigenvalue weighted by Gasteiger charge is 2.44. The van der Waals surface area contributed by atoms with Crippen molar-refractivity contribution in [2.45, 2.75) is 82.1 Å². The van der Waals surface area contributed by atoms with Crippen LogP contribution in [0, 0.1) is 0 Å². The van der Waals surface area contributed by atoms with E-state index in [0.29, 0.717) is 48.4 Å². The molecule has 3 amide bonds. The van der Waals surface area contributed by atoms with Crippen molar-refractivity contribution in [2.24, 2.45) is 7.05 Å². The average Bonchev–Trinajstić information content (AvgIpc) is 3.64. The summed E-state index contributed by atoms with van der Waals surface area (Å²) in [6.45, 7) is 7.46. The Bertz CT molecular complexity index is 2340. The van der Waals surface area contributed by atoms with Crippen molar-refractivity contribution >= 4 is 39.5 Å². The molecule has 294 valence electrons. The van der Waals surface area contributed by atoms with Gasteiger partial charge in [-0.1, -0.05) is 18.7 Å². The summed E-state index contributed by atoms with van der Waals surface area (Å²) in [5, 5.41) is 5.02. The van der Waals surface area contributed by atoms with Crippen molar-refractivity contribution in [1.82, 2.24) is 29.7 Å². The van der Waals surface area contributed by atoms with Gasteiger partial charge < -0.3 is 29.0 Å². The fourth-order valence-electron chi connectivity index (χ4n) is 8.71. The number of nitrogens with zero attached hydrogens (tertiary/aromatic N) is 5. The van der Waals surface area contributed by atoms with Crippen molar-refractivity contribution in [3.63, 3.8) is 0 Å². The molecule has 12 heteroatoms. The van der Waals surface area contributed by atoms with Crippen LogP contribution in [0.3, 0.4) is 0 Å². The first-order valence-corrected chi connectivity index (χ1v) is 20.3. The van der Waals surface area contributed by atoms with Crippen molar-refractivity contribution in [2.75, 3.05) is 26.2 Å². The van der Waals surface area contributed by atoms with Gasteiger partial charge in [-0.3, -0.25) is 24.3 Å². The number of benzene rings is 2. The maximum Gasteiger partial charge on any atom is 0.262 e. The van der Waals surface area contributed by atoms with E-state index in [1.165, 1.54) is 16.4 Å². The molecule has 0 spiro atoms. The predicted octanol–water partition coefficient (Wildman–Crippen LogP) is 6.82. The Morgan fingerprint density at radius 3 is 2.44 bits per heavy atom. The standard InChI is InChI=1S/C45H48N6O6/c1-28-6-12-40(43(52)48-28)51-44(53)36-11-9-32(25-37(36)45(51)54)55-21-5-3-4-18-50-19-15-31(16-20-50)56-33-23-34(24-33)57-42-13-8-30(26-47-42)29-7-10-35-38-27-46-17-14-39(38)49(2)41(35)22-29/h7-11,13-14,17,22,25-27,31,33-34,40H,1,3-6,12,15-16,18-21,23-24H2,2H3,(H,48,52). The smallest absolute Gasteiger partial charge is 0.262 e. The zero-order valence-electron chi connectivity index (χ0n) is 32.3. The molecule has 12 nitrogen and oxygen atoms in total. The van der Waals surface area contributed by atoms with Crippen molar-refractivity contribution < 1.29 is 28.6 Å². The van der Waals surface area contributed by atoms with E-state index in [-0.39, 0.29) is 23.7 Å². The number of allylic oxidation sites excluding steroid dienone is 1. The molecule has 57 heavy (non-hydrogen) atoms. The summed E-state index contributed by atoms with van der Waals surface area (Å²) in [7, 11) is 2.09. The maximum absolute atomic E-state index is 13.1. The number of hydrogen-bond acceptors (Lipinski definition) is 9. The number of hydrogen-bond donors (Lipinski definition) is 1. The van der Waals surface area contributed by atoms with E-state index in [9.17, 15) is 14.4 Å². The molecule has 2 saturated heterocycles. The van der Waals surface area contributed by atoms with Crippen LogP contribution in [0.15, 0.2) is 85.5 Å². The van der Waals surface area contributed by atoms with Gasteiger partial charge in [0, 0.05) is 85.2 Å². The van der Waals surface area contributed by atoms with Gasteiger partial charge in [0.25, 0.3) is 11.8 Å². The number of carbonyl (C=O) groups is 3. The molecule has 0 radical (unpaired) electrons. The summed E-state index contributed by atoms with van der Waals surface area (Å²) in [4.78, 5) is 51.1. The number of aryl methyl sites for hydroxylation is 1. The molecule has 1 saturated carbocycles. The second kappa shape index (κ2) is 15.7. The van der Waals surface area contributed by atoms with Crippen molar-refractivity contribution in [3.8, 4) is 22.8 Å². The number of nitrogens with one attached hydrogen (secondary N) is 1. The zero-order valence-corrected chi connectivity index (χ0v) is 32.3. The Hall–Kier alpha value is -5.59. The highest BCUT2D eigenvalue weighted by atomic mass is 16.5. The minimum Gasteiger partial charge on any atom is -0.494 e. The molecule has 5 aromatic rings. The quantitative estimate of drug-likeness (QED) is 0.101. The third-order valence-corrected chi connectivity index (χ3v) is 12.0. The Balaban J connectivity index is 0.648. The van der Waals surface area contributed by atoms with Crippen molar-refractivity contribution in [3.05, 3.63) is 96.6 Å². The van der Waals surface area contributed by atoms with Crippen LogP contribution in [0.25, 0.3) is 32.9 Å². The number of amides is 3. The summed E-state index contributed by atoms with van der Waals surface area (Å²) >= 11 is 0. The lowest BCUT2D eigenvalue weighted by atomic mass is 9.91. The fraction of sp³-hybridized carbons (Fsp3) is 0.400. The average molecular weight is 769 g/mol. The van der Waals surface area contributed by atoms with Gasteiger partial charge in [-0.15, -0.1) is 0 Å². The molecule has 1 atom stereocenters. The van der Waals surface area contributed by atoms with Gasteiger partial charge in [-0.25, -0.2) is 4.98 Å². The van der Waals surface area contributed by atoms with E-state index in [0.717, 1.165) is 86.0 Å². The van der Waals surface area contributed by atoms with Crippen LogP contribution in [0.2, 0.25) is 0 Å². The Labute approximate surface area is 331 Å². The molecule has 3 aromatic heterocycles. The first-order chi connectivity index (χ1) is 27.8. The molecule has 2 aromatic carbocycles. The number of unbranched alkanes of at least 4 members (excludes halogenated alkanes) is 2. The fourth-order valence-corrected chi connectivity index (χ4v) is 8.71. The minimum atomic E-state index is -0.820. The minimum absolute atomic E-state index is 0.135. The molecule has 0 bridgehead atoms. The van der Waals surface area contributed by atoms with E-state index in [1.807, 2.05) is 24.7 Å². The molecular weight excluding hydrogens is 721 g/mol. The Kier molecular flexibility index (Phi) is 10.2. The monoisotopic (exact) mass is 768 g/mol. The first kappa shape index (κ1) is 37.0. The highest BCUT2D eigenvalue weighted by molar-refractivity contribution is 6.23. The van der Waals surface area contributed by atoms with Crippen LogP contribution in [0.1, 0.15) is 78.5 Å². The van der Waals surface area contributed by atoms with Crippen LogP contribution in [-0.4, -0.2) is 92.7 Å². The third kappa shape index (κ3) is 7.51. The van der Waals surface area contributed by atoms with Crippen LogP contribution in [0.4, 0.5) is 0 Å². The molecule has 1 N–H and O–H groups in total. The summed E-state index contributed by atoms with van der Waals surface area (Å²) < 4.78 is 20.8.